The quantitative estimate of drug-likeness (QED) is 0.866. The number of hydrogen-bond donors (Lipinski definition) is 2. The molecule has 2 aromatic carbocycles. The molecule has 2 aromatic rings. The maximum absolute atomic E-state index is 13.6. The number of halogens is 2. The molecule has 5 heteroatoms. The highest BCUT2D eigenvalue weighted by Gasteiger charge is 2.24. The van der Waals surface area contributed by atoms with Crippen molar-refractivity contribution in [2.24, 2.45) is 5.73 Å². The van der Waals surface area contributed by atoms with Crippen LogP contribution < -0.4 is 10.5 Å². The molecule has 0 aliphatic carbocycles. The summed E-state index contributed by atoms with van der Waals surface area (Å²) in [6.45, 7) is 0.246. The first kappa shape index (κ1) is 15.9. The largest absolute Gasteiger partial charge is 0.497 e. The Balaban J connectivity index is 2.33. The summed E-state index contributed by atoms with van der Waals surface area (Å²) in [5.74, 6) is 0.00186. The normalized spacial score (nSPS) is 13.8. The predicted molar refractivity (Wildman–Crippen MR) is 83.8 cm³/mol. The van der Waals surface area contributed by atoms with Crippen LogP contribution in [-0.4, -0.2) is 18.8 Å². The monoisotopic (exact) mass is 353 g/mol. The number of aliphatic hydroxyl groups is 1. The smallest absolute Gasteiger partial charge is 0.137 e. The van der Waals surface area contributed by atoms with Gasteiger partial charge in [-0.05, 0) is 45.3 Å². The van der Waals surface area contributed by atoms with Gasteiger partial charge in [-0.3, -0.25) is 0 Å². The lowest BCUT2D eigenvalue weighted by atomic mass is 9.89. The van der Waals surface area contributed by atoms with E-state index in [1.807, 2.05) is 24.3 Å². The van der Waals surface area contributed by atoms with Gasteiger partial charge in [-0.25, -0.2) is 4.39 Å². The van der Waals surface area contributed by atoms with Gasteiger partial charge in [-0.15, -0.1) is 0 Å². The number of hydrogen-bond acceptors (Lipinski definition) is 3. The van der Waals surface area contributed by atoms with Gasteiger partial charge < -0.3 is 15.6 Å². The zero-order valence-electron chi connectivity index (χ0n) is 11.6. The van der Waals surface area contributed by atoms with Crippen LogP contribution in [0.4, 0.5) is 4.39 Å². The van der Waals surface area contributed by atoms with Crippen molar-refractivity contribution >= 4 is 15.9 Å². The lowest BCUT2D eigenvalue weighted by Crippen LogP contribution is -2.20. The molecule has 0 fully saturated rings. The molecule has 0 aromatic heterocycles. The van der Waals surface area contributed by atoms with Gasteiger partial charge in [-0.1, -0.05) is 24.3 Å². The first-order chi connectivity index (χ1) is 10.1. The minimum absolute atomic E-state index is 0.246. The average molecular weight is 354 g/mol. The molecule has 2 rings (SSSR count). The van der Waals surface area contributed by atoms with E-state index in [4.69, 9.17) is 10.5 Å². The van der Waals surface area contributed by atoms with E-state index in [9.17, 15) is 9.50 Å². The Labute approximate surface area is 131 Å². The summed E-state index contributed by atoms with van der Waals surface area (Å²) in [6, 6.07) is 11.9. The zero-order valence-corrected chi connectivity index (χ0v) is 13.2. The fourth-order valence-corrected chi connectivity index (χ4v) is 2.76. The third kappa shape index (κ3) is 3.43. The van der Waals surface area contributed by atoms with Crippen LogP contribution >= 0.6 is 15.9 Å². The summed E-state index contributed by atoms with van der Waals surface area (Å²) < 4.78 is 19.0. The van der Waals surface area contributed by atoms with Crippen LogP contribution in [0.2, 0.25) is 0 Å². The van der Waals surface area contributed by atoms with Crippen LogP contribution in [0.25, 0.3) is 0 Å². The van der Waals surface area contributed by atoms with E-state index in [-0.39, 0.29) is 16.9 Å². The predicted octanol–water partition coefficient (Wildman–Crippen LogP) is 3.37. The molecule has 0 aliphatic rings. The third-order valence-corrected chi connectivity index (χ3v) is 4.32. The van der Waals surface area contributed by atoms with Crippen LogP contribution in [0, 0.1) is 5.82 Å². The van der Waals surface area contributed by atoms with Crippen molar-refractivity contribution < 1.29 is 14.2 Å². The molecule has 0 radical (unpaired) electrons. The SMILES string of the molecule is COc1ccc(C(CN)C(O)c2cccc(F)c2Br)cc1. The van der Waals surface area contributed by atoms with Crippen LogP contribution in [0.3, 0.4) is 0 Å². The molecule has 0 bridgehead atoms. The first-order valence-electron chi connectivity index (χ1n) is 6.54. The van der Waals surface area contributed by atoms with E-state index >= 15 is 0 Å². The van der Waals surface area contributed by atoms with Gasteiger partial charge in [0, 0.05) is 12.5 Å². The van der Waals surface area contributed by atoms with Crippen molar-refractivity contribution in [2.45, 2.75) is 12.0 Å². The Morgan fingerprint density at radius 2 is 1.90 bits per heavy atom. The molecule has 0 saturated carbocycles. The van der Waals surface area contributed by atoms with Gasteiger partial charge in [0.25, 0.3) is 0 Å². The van der Waals surface area contributed by atoms with Gasteiger partial charge in [0.05, 0.1) is 17.7 Å². The molecule has 0 saturated heterocycles. The highest BCUT2D eigenvalue weighted by atomic mass is 79.9. The van der Waals surface area contributed by atoms with Gasteiger partial charge in [0.2, 0.25) is 0 Å². The minimum atomic E-state index is -0.895. The highest BCUT2D eigenvalue weighted by Crippen LogP contribution is 2.35. The number of methoxy groups -OCH3 is 1. The molecule has 2 unspecified atom stereocenters. The second kappa shape index (κ2) is 7.02. The summed E-state index contributed by atoms with van der Waals surface area (Å²) in [5.41, 5.74) is 7.17. The molecule has 3 nitrogen and oxygen atoms in total. The molecule has 0 amide bonds. The van der Waals surface area contributed by atoms with Crippen LogP contribution in [-0.2, 0) is 0 Å². The van der Waals surface area contributed by atoms with Crippen LogP contribution in [0.15, 0.2) is 46.9 Å². The van der Waals surface area contributed by atoms with Crippen molar-refractivity contribution in [3.05, 3.63) is 63.9 Å². The second-order valence-electron chi connectivity index (χ2n) is 4.70. The summed E-state index contributed by atoms with van der Waals surface area (Å²) >= 11 is 3.18. The third-order valence-electron chi connectivity index (χ3n) is 3.48. The van der Waals surface area contributed by atoms with Gasteiger partial charge >= 0.3 is 0 Å². The minimum Gasteiger partial charge on any atom is -0.497 e. The number of nitrogens with two attached hydrogens (primary N) is 1. The maximum Gasteiger partial charge on any atom is 0.137 e. The van der Waals surface area contributed by atoms with E-state index in [2.05, 4.69) is 15.9 Å². The van der Waals surface area contributed by atoms with Crippen molar-refractivity contribution in [1.82, 2.24) is 0 Å². The van der Waals surface area contributed by atoms with Crippen LogP contribution in [0.5, 0.6) is 5.75 Å². The maximum atomic E-state index is 13.6. The standard InChI is InChI=1S/C16H17BrFNO2/c1-21-11-7-5-10(6-8-11)13(9-19)16(20)12-3-2-4-14(18)15(12)17/h2-8,13,16,20H,9,19H2,1H3. The second-order valence-corrected chi connectivity index (χ2v) is 5.50. The number of benzene rings is 2. The van der Waals surface area contributed by atoms with E-state index in [0.29, 0.717) is 5.56 Å². The molecule has 2 atom stereocenters. The summed E-state index contributed by atoms with van der Waals surface area (Å²) in [6.07, 6.45) is -0.895. The molecule has 0 heterocycles. The van der Waals surface area contributed by atoms with Gasteiger partial charge in [0.1, 0.15) is 11.6 Å². The van der Waals surface area contributed by atoms with E-state index < -0.39 is 11.9 Å². The Bertz CT molecular complexity index is 604. The van der Waals surface area contributed by atoms with Crippen molar-refractivity contribution in [1.29, 1.82) is 0 Å². The Morgan fingerprint density at radius 3 is 2.48 bits per heavy atom. The lowest BCUT2D eigenvalue weighted by Gasteiger charge is -2.23. The molecule has 112 valence electrons. The summed E-state index contributed by atoms with van der Waals surface area (Å²) in [7, 11) is 1.59. The van der Waals surface area contributed by atoms with Crippen molar-refractivity contribution in [3.8, 4) is 5.75 Å². The van der Waals surface area contributed by atoms with Gasteiger partial charge in [0.15, 0.2) is 0 Å². The van der Waals surface area contributed by atoms with Crippen molar-refractivity contribution in [2.75, 3.05) is 13.7 Å². The molecule has 0 aliphatic heterocycles. The van der Waals surface area contributed by atoms with E-state index in [1.54, 1.807) is 19.2 Å². The zero-order chi connectivity index (χ0) is 15.4. The lowest BCUT2D eigenvalue weighted by molar-refractivity contribution is 0.146. The number of ether oxygens (including phenoxy) is 1. The molecule has 0 spiro atoms. The molecular formula is C16H17BrFNO2. The van der Waals surface area contributed by atoms with Crippen LogP contribution in [0.1, 0.15) is 23.1 Å². The van der Waals surface area contributed by atoms with Crippen molar-refractivity contribution in [3.63, 3.8) is 0 Å². The van der Waals surface area contributed by atoms with E-state index in [1.165, 1.54) is 6.07 Å². The Morgan fingerprint density at radius 1 is 1.24 bits per heavy atom. The summed E-state index contributed by atoms with van der Waals surface area (Å²) in [4.78, 5) is 0. The Hall–Kier alpha value is -1.43. The van der Waals surface area contributed by atoms with Gasteiger partial charge in [-0.2, -0.15) is 0 Å². The highest BCUT2D eigenvalue weighted by molar-refractivity contribution is 9.10. The molecular weight excluding hydrogens is 337 g/mol. The topological polar surface area (TPSA) is 55.5 Å². The fourth-order valence-electron chi connectivity index (χ4n) is 2.26. The Kier molecular flexibility index (Phi) is 5.33. The number of rotatable bonds is 5. The number of aliphatic hydroxyl groups excluding tert-OH is 1. The summed E-state index contributed by atoms with van der Waals surface area (Å²) in [5, 5.41) is 10.6. The first-order valence-corrected chi connectivity index (χ1v) is 7.33. The molecule has 3 N–H and O–H groups in total. The van der Waals surface area contributed by atoms with E-state index in [0.717, 1.165) is 11.3 Å². The molecule has 21 heavy (non-hydrogen) atoms. The fraction of sp³-hybridized carbons (Fsp3) is 0.250. The average Bonchev–Trinajstić information content (AvgIpc) is 2.51.